The van der Waals surface area contributed by atoms with E-state index in [1.807, 2.05) is 36.6 Å². The zero-order chi connectivity index (χ0) is 18.7. The van der Waals surface area contributed by atoms with Gasteiger partial charge in [0.25, 0.3) is 10.0 Å². The SMILES string of the molecule is CCOc1ccc2c(c1)s/c(=N\S(=O)(=O)c1ccc(OC)cc1)n2CC. The molecule has 0 atom stereocenters. The molecule has 6 nitrogen and oxygen atoms in total. The molecule has 0 saturated carbocycles. The van der Waals surface area contributed by atoms with E-state index < -0.39 is 10.0 Å². The largest absolute Gasteiger partial charge is 0.497 e. The van der Waals surface area contributed by atoms with Gasteiger partial charge in [-0.1, -0.05) is 11.3 Å². The van der Waals surface area contributed by atoms with E-state index in [-0.39, 0.29) is 4.90 Å². The molecule has 2 aromatic carbocycles. The Hall–Kier alpha value is -2.32. The van der Waals surface area contributed by atoms with Crippen LogP contribution in [0.2, 0.25) is 0 Å². The number of methoxy groups -OCH3 is 1. The van der Waals surface area contributed by atoms with Gasteiger partial charge in [0, 0.05) is 6.54 Å². The van der Waals surface area contributed by atoms with Gasteiger partial charge in [-0.25, -0.2) is 0 Å². The van der Waals surface area contributed by atoms with E-state index in [0.717, 1.165) is 16.0 Å². The van der Waals surface area contributed by atoms with Crippen molar-refractivity contribution in [2.24, 2.45) is 4.40 Å². The first kappa shape index (κ1) is 18.5. The number of sulfonamides is 1. The lowest BCUT2D eigenvalue weighted by molar-refractivity contribution is 0.341. The summed E-state index contributed by atoms with van der Waals surface area (Å²) in [6.07, 6.45) is 0. The summed E-state index contributed by atoms with van der Waals surface area (Å²) in [6.45, 7) is 5.08. The van der Waals surface area contributed by atoms with Crippen molar-refractivity contribution in [2.75, 3.05) is 13.7 Å². The standard InChI is InChI=1S/C18H20N2O4S2/c1-4-20-16-11-8-14(24-5-2)12-17(16)25-18(20)19-26(21,22)15-9-6-13(23-3)7-10-15/h6-12H,4-5H2,1-3H3/b19-18-. The monoisotopic (exact) mass is 392 g/mol. The molecule has 1 heterocycles. The highest BCUT2D eigenvalue weighted by molar-refractivity contribution is 7.90. The van der Waals surface area contributed by atoms with Gasteiger partial charge in [-0.3, -0.25) is 0 Å². The van der Waals surface area contributed by atoms with Gasteiger partial charge in [-0.05, 0) is 56.3 Å². The van der Waals surface area contributed by atoms with E-state index in [1.165, 1.54) is 30.6 Å². The summed E-state index contributed by atoms with van der Waals surface area (Å²) in [5, 5.41) is 0. The van der Waals surface area contributed by atoms with Gasteiger partial charge in [0.15, 0.2) is 0 Å². The normalized spacial score (nSPS) is 12.5. The van der Waals surface area contributed by atoms with Crippen molar-refractivity contribution in [1.29, 1.82) is 0 Å². The Morgan fingerprint density at radius 1 is 1.08 bits per heavy atom. The van der Waals surface area contributed by atoms with Gasteiger partial charge in [0.2, 0.25) is 4.80 Å². The molecule has 0 amide bonds. The van der Waals surface area contributed by atoms with Crippen molar-refractivity contribution in [2.45, 2.75) is 25.3 Å². The van der Waals surface area contributed by atoms with Crippen LogP contribution in [-0.4, -0.2) is 26.7 Å². The van der Waals surface area contributed by atoms with E-state index in [2.05, 4.69) is 4.40 Å². The maximum Gasteiger partial charge on any atom is 0.285 e. The zero-order valence-electron chi connectivity index (χ0n) is 14.8. The molecule has 0 fully saturated rings. The molecule has 138 valence electrons. The molecule has 8 heteroatoms. The number of hydrogen-bond donors (Lipinski definition) is 0. The summed E-state index contributed by atoms with van der Waals surface area (Å²) in [6, 6.07) is 11.9. The highest BCUT2D eigenvalue weighted by Gasteiger charge is 2.15. The molecule has 0 spiro atoms. The Morgan fingerprint density at radius 2 is 1.77 bits per heavy atom. The predicted octanol–water partition coefficient (Wildman–Crippen LogP) is 3.42. The highest BCUT2D eigenvalue weighted by atomic mass is 32.2. The van der Waals surface area contributed by atoms with Crippen molar-refractivity contribution in [3.63, 3.8) is 0 Å². The lowest BCUT2D eigenvalue weighted by Gasteiger charge is -2.04. The van der Waals surface area contributed by atoms with E-state index >= 15 is 0 Å². The molecule has 0 saturated heterocycles. The first-order chi connectivity index (χ1) is 12.5. The summed E-state index contributed by atoms with van der Waals surface area (Å²) in [7, 11) is -2.28. The van der Waals surface area contributed by atoms with Crippen molar-refractivity contribution in [3.8, 4) is 11.5 Å². The smallest absolute Gasteiger partial charge is 0.285 e. The summed E-state index contributed by atoms with van der Waals surface area (Å²) in [5.41, 5.74) is 0.935. The van der Waals surface area contributed by atoms with Crippen molar-refractivity contribution >= 4 is 31.6 Å². The van der Waals surface area contributed by atoms with Crippen LogP contribution in [0.4, 0.5) is 0 Å². The molecule has 0 radical (unpaired) electrons. The molecule has 3 aromatic rings. The van der Waals surface area contributed by atoms with E-state index in [0.29, 0.717) is 23.7 Å². The number of aryl methyl sites for hydroxylation is 1. The van der Waals surface area contributed by atoms with Gasteiger partial charge in [-0.2, -0.15) is 8.42 Å². The van der Waals surface area contributed by atoms with Gasteiger partial charge >= 0.3 is 0 Å². The minimum Gasteiger partial charge on any atom is -0.497 e. The fourth-order valence-corrected chi connectivity index (χ4v) is 4.91. The second kappa shape index (κ2) is 7.51. The topological polar surface area (TPSA) is 69.9 Å². The molecule has 3 rings (SSSR count). The van der Waals surface area contributed by atoms with Crippen LogP contribution in [-0.2, 0) is 16.6 Å². The second-order valence-electron chi connectivity index (χ2n) is 5.43. The quantitative estimate of drug-likeness (QED) is 0.644. The van der Waals surface area contributed by atoms with Gasteiger partial charge < -0.3 is 14.0 Å². The zero-order valence-corrected chi connectivity index (χ0v) is 16.4. The minimum absolute atomic E-state index is 0.133. The van der Waals surface area contributed by atoms with Crippen LogP contribution in [0.3, 0.4) is 0 Å². The first-order valence-corrected chi connectivity index (χ1v) is 10.5. The number of benzene rings is 2. The lowest BCUT2D eigenvalue weighted by atomic mass is 10.3. The fourth-order valence-electron chi connectivity index (χ4n) is 2.59. The minimum atomic E-state index is -3.81. The number of ether oxygens (including phenoxy) is 2. The van der Waals surface area contributed by atoms with Crippen molar-refractivity contribution < 1.29 is 17.9 Å². The van der Waals surface area contributed by atoms with Crippen LogP contribution in [0, 0.1) is 0 Å². The maximum atomic E-state index is 12.7. The van der Waals surface area contributed by atoms with Gasteiger partial charge in [0.05, 0.1) is 28.8 Å². The first-order valence-electron chi connectivity index (χ1n) is 8.19. The third-order valence-electron chi connectivity index (χ3n) is 3.84. The van der Waals surface area contributed by atoms with Crippen LogP contribution >= 0.6 is 11.3 Å². The number of aromatic nitrogens is 1. The molecular weight excluding hydrogens is 372 g/mol. The highest BCUT2D eigenvalue weighted by Crippen LogP contribution is 2.24. The molecule has 0 aliphatic heterocycles. The summed E-state index contributed by atoms with van der Waals surface area (Å²) >= 11 is 1.33. The number of thiazole rings is 1. The van der Waals surface area contributed by atoms with E-state index in [4.69, 9.17) is 9.47 Å². The maximum absolute atomic E-state index is 12.7. The number of nitrogens with zero attached hydrogens (tertiary/aromatic N) is 2. The number of rotatable bonds is 6. The average Bonchev–Trinajstić information content (AvgIpc) is 2.97. The summed E-state index contributed by atoms with van der Waals surface area (Å²) < 4.78 is 42.8. The van der Waals surface area contributed by atoms with Crippen LogP contribution in [0.5, 0.6) is 11.5 Å². The predicted molar refractivity (Wildman–Crippen MR) is 102 cm³/mol. The van der Waals surface area contributed by atoms with Crippen LogP contribution in [0.1, 0.15) is 13.8 Å². The third kappa shape index (κ3) is 3.61. The van der Waals surface area contributed by atoms with Crippen LogP contribution in [0.25, 0.3) is 10.2 Å². The van der Waals surface area contributed by atoms with Crippen LogP contribution in [0.15, 0.2) is 51.8 Å². The van der Waals surface area contributed by atoms with Gasteiger partial charge in [0.1, 0.15) is 11.5 Å². The van der Waals surface area contributed by atoms with E-state index in [1.54, 1.807) is 12.1 Å². The van der Waals surface area contributed by atoms with Gasteiger partial charge in [-0.15, -0.1) is 4.40 Å². The Balaban J connectivity index is 2.12. The molecule has 0 unspecified atom stereocenters. The molecule has 0 aliphatic rings. The van der Waals surface area contributed by atoms with E-state index in [9.17, 15) is 8.42 Å². The summed E-state index contributed by atoms with van der Waals surface area (Å²) in [5.74, 6) is 1.35. The average molecular weight is 393 g/mol. The molecule has 1 aromatic heterocycles. The Labute approximate surface area is 156 Å². The number of hydrogen-bond acceptors (Lipinski definition) is 5. The molecule has 0 aliphatic carbocycles. The third-order valence-corrected chi connectivity index (χ3v) is 6.27. The summed E-state index contributed by atoms with van der Waals surface area (Å²) in [4.78, 5) is 0.570. The Bertz CT molecular complexity index is 1080. The second-order valence-corrected chi connectivity index (χ2v) is 8.05. The Kier molecular flexibility index (Phi) is 5.33. The van der Waals surface area contributed by atoms with Crippen molar-refractivity contribution in [1.82, 2.24) is 4.57 Å². The van der Waals surface area contributed by atoms with Crippen LogP contribution < -0.4 is 14.3 Å². The Morgan fingerprint density at radius 3 is 2.38 bits per heavy atom. The van der Waals surface area contributed by atoms with Crippen molar-refractivity contribution in [3.05, 3.63) is 47.3 Å². The lowest BCUT2D eigenvalue weighted by Crippen LogP contribution is -2.16. The molecule has 0 N–H and O–H groups in total. The molecular formula is C18H20N2O4S2. The number of fused-ring (bicyclic) bond motifs is 1. The molecule has 26 heavy (non-hydrogen) atoms. The molecule has 0 bridgehead atoms. The fraction of sp³-hybridized carbons (Fsp3) is 0.278.